The van der Waals surface area contributed by atoms with E-state index in [0.717, 1.165) is 25.2 Å². The molecule has 0 bridgehead atoms. The van der Waals surface area contributed by atoms with Gasteiger partial charge < -0.3 is 19.5 Å². The van der Waals surface area contributed by atoms with Crippen molar-refractivity contribution in [2.24, 2.45) is 0 Å². The Bertz CT molecular complexity index is 1310. The number of hydrogen-bond acceptors (Lipinski definition) is 6. The van der Waals surface area contributed by atoms with Gasteiger partial charge in [-0.05, 0) is 74.4 Å². The van der Waals surface area contributed by atoms with Gasteiger partial charge in [0.2, 0.25) is 0 Å². The van der Waals surface area contributed by atoms with Gasteiger partial charge in [0, 0.05) is 36.1 Å². The third-order valence-corrected chi connectivity index (χ3v) is 6.71. The van der Waals surface area contributed by atoms with Crippen molar-refractivity contribution in [3.63, 3.8) is 0 Å². The Hall–Kier alpha value is -4.26. The van der Waals surface area contributed by atoms with Gasteiger partial charge >= 0.3 is 0 Å². The number of ether oxygens (including phenoxy) is 2. The second kappa shape index (κ2) is 11.9. The average Bonchev–Trinajstić information content (AvgIpc) is 3.22. The van der Waals surface area contributed by atoms with Crippen LogP contribution in [0.1, 0.15) is 44.4 Å². The van der Waals surface area contributed by atoms with Crippen molar-refractivity contribution in [1.29, 1.82) is 0 Å². The Morgan fingerprint density at radius 1 is 0.921 bits per heavy atom. The number of benzene rings is 3. The number of ketones is 1. The van der Waals surface area contributed by atoms with E-state index in [1.54, 1.807) is 55.6 Å². The lowest BCUT2D eigenvalue weighted by molar-refractivity contribution is -0.132. The van der Waals surface area contributed by atoms with Crippen LogP contribution in [0.2, 0.25) is 0 Å². The number of anilines is 2. The summed E-state index contributed by atoms with van der Waals surface area (Å²) in [6.07, 6.45) is 0.877. The first-order valence-electron chi connectivity index (χ1n) is 13.0. The molecule has 0 spiro atoms. The molecule has 1 heterocycles. The van der Waals surface area contributed by atoms with Gasteiger partial charge in [-0.3, -0.25) is 14.5 Å². The topological polar surface area (TPSA) is 79.3 Å². The summed E-state index contributed by atoms with van der Waals surface area (Å²) in [5, 5.41) is 11.4. The van der Waals surface area contributed by atoms with Gasteiger partial charge in [0.25, 0.3) is 11.7 Å². The highest BCUT2D eigenvalue weighted by Gasteiger charge is 2.47. The monoisotopic (exact) mass is 514 g/mol. The lowest BCUT2D eigenvalue weighted by Gasteiger charge is -2.27. The standard InChI is InChI=1S/C31H34N2O5/c1-5-19-38-25-17-13-22(14-18-25)29(34)27-28(21-11-15-23(16-12-21)32(6-2)7-3)33(31(36)30(27)35)24-9-8-10-26(20-24)37-4/h8-18,20,28,34H,5-7,19H2,1-4H3/b29-27+. The molecule has 1 aliphatic heterocycles. The number of aliphatic hydroxyl groups is 1. The van der Waals surface area contributed by atoms with Crippen molar-refractivity contribution >= 4 is 28.8 Å². The van der Waals surface area contributed by atoms with Crippen LogP contribution >= 0.6 is 0 Å². The number of Topliss-reactive ketones (excluding diaryl/α,β-unsaturated/α-hetero) is 1. The second-order valence-electron chi connectivity index (χ2n) is 9.01. The zero-order valence-electron chi connectivity index (χ0n) is 22.3. The molecular weight excluding hydrogens is 480 g/mol. The van der Waals surface area contributed by atoms with Crippen LogP contribution in [0.5, 0.6) is 11.5 Å². The molecule has 7 nitrogen and oxygen atoms in total. The summed E-state index contributed by atoms with van der Waals surface area (Å²) in [5.41, 5.74) is 2.73. The van der Waals surface area contributed by atoms with Crippen LogP contribution in [0, 0.1) is 0 Å². The summed E-state index contributed by atoms with van der Waals surface area (Å²) in [7, 11) is 1.55. The highest BCUT2D eigenvalue weighted by molar-refractivity contribution is 6.51. The molecular formula is C31H34N2O5. The Balaban J connectivity index is 1.84. The smallest absolute Gasteiger partial charge is 0.300 e. The fourth-order valence-corrected chi connectivity index (χ4v) is 4.72. The maximum Gasteiger partial charge on any atom is 0.300 e. The van der Waals surface area contributed by atoms with E-state index in [2.05, 4.69) is 18.7 Å². The van der Waals surface area contributed by atoms with Gasteiger partial charge in [0.05, 0.1) is 25.3 Å². The predicted molar refractivity (Wildman–Crippen MR) is 150 cm³/mol. The van der Waals surface area contributed by atoms with Gasteiger partial charge in [-0.25, -0.2) is 0 Å². The van der Waals surface area contributed by atoms with E-state index < -0.39 is 17.7 Å². The molecule has 198 valence electrons. The number of hydrogen-bond donors (Lipinski definition) is 1. The lowest BCUT2D eigenvalue weighted by atomic mass is 9.94. The van der Waals surface area contributed by atoms with Crippen LogP contribution < -0.4 is 19.3 Å². The van der Waals surface area contributed by atoms with Gasteiger partial charge in [-0.15, -0.1) is 0 Å². The van der Waals surface area contributed by atoms with Crippen LogP contribution in [0.15, 0.2) is 78.4 Å². The molecule has 1 unspecified atom stereocenters. The maximum atomic E-state index is 13.4. The van der Waals surface area contributed by atoms with E-state index in [4.69, 9.17) is 9.47 Å². The molecule has 3 aromatic rings. The van der Waals surface area contributed by atoms with Crippen molar-refractivity contribution in [2.45, 2.75) is 33.2 Å². The number of carbonyl (C=O) groups is 2. The normalized spacial score (nSPS) is 16.5. The van der Waals surface area contributed by atoms with Gasteiger partial charge in [0.1, 0.15) is 17.3 Å². The van der Waals surface area contributed by atoms with Crippen molar-refractivity contribution in [3.05, 3.63) is 89.5 Å². The first-order valence-corrected chi connectivity index (χ1v) is 13.0. The molecule has 4 rings (SSSR count). The largest absolute Gasteiger partial charge is 0.507 e. The molecule has 1 aliphatic rings. The number of aliphatic hydroxyl groups excluding tert-OH is 1. The van der Waals surface area contributed by atoms with E-state index >= 15 is 0 Å². The molecule has 0 aromatic heterocycles. The minimum atomic E-state index is -0.816. The van der Waals surface area contributed by atoms with Crippen molar-refractivity contribution in [1.82, 2.24) is 0 Å². The summed E-state index contributed by atoms with van der Waals surface area (Å²) in [4.78, 5) is 30.5. The van der Waals surface area contributed by atoms with E-state index in [-0.39, 0.29) is 11.3 Å². The minimum absolute atomic E-state index is 0.0376. The summed E-state index contributed by atoms with van der Waals surface area (Å²) in [6.45, 7) is 8.50. The fourth-order valence-electron chi connectivity index (χ4n) is 4.72. The van der Waals surface area contributed by atoms with Crippen LogP contribution in [0.25, 0.3) is 5.76 Å². The first-order chi connectivity index (χ1) is 18.4. The predicted octanol–water partition coefficient (Wildman–Crippen LogP) is 5.96. The second-order valence-corrected chi connectivity index (χ2v) is 9.01. The van der Waals surface area contributed by atoms with E-state index in [9.17, 15) is 14.7 Å². The molecule has 38 heavy (non-hydrogen) atoms. The molecule has 1 amide bonds. The maximum absolute atomic E-state index is 13.4. The molecule has 1 saturated heterocycles. The summed E-state index contributed by atoms with van der Waals surface area (Å²) in [5.74, 6) is -0.449. The van der Waals surface area contributed by atoms with Crippen molar-refractivity contribution in [2.75, 3.05) is 36.6 Å². The highest BCUT2D eigenvalue weighted by Crippen LogP contribution is 2.43. The Labute approximate surface area is 223 Å². The van der Waals surface area contributed by atoms with Gasteiger partial charge in [-0.1, -0.05) is 25.1 Å². The average molecular weight is 515 g/mol. The third-order valence-electron chi connectivity index (χ3n) is 6.71. The Morgan fingerprint density at radius 3 is 2.21 bits per heavy atom. The summed E-state index contributed by atoms with van der Waals surface area (Å²) in [6, 6.07) is 20.9. The molecule has 7 heteroatoms. The molecule has 1 atom stereocenters. The first kappa shape index (κ1) is 26.8. The van der Waals surface area contributed by atoms with Gasteiger partial charge in [0.15, 0.2) is 0 Å². The molecule has 3 aromatic carbocycles. The highest BCUT2D eigenvalue weighted by atomic mass is 16.5. The fraction of sp³-hybridized carbons (Fsp3) is 0.290. The number of amides is 1. The van der Waals surface area contributed by atoms with Crippen LogP contribution in [0.3, 0.4) is 0 Å². The zero-order chi connectivity index (χ0) is 27.2. The van der Waals surface area contributed by atoms with Crippen molar-refractivity contribution in [3.8, 4) is 11.5 Å². The molecule has 1 fully saturated rings. The van der Waals surface area contributed by atoms with E-state index in [1.165, 1.54) is 4.90 Å². The zero-order valence-corrected chi connectivity index (χ0v) is 22.3. The number of carbonyl (C=O) groups excluding carboxylic acids is 2. The molecule has 0 aliphatic carbocycles. The summed E-state index contributed by atoms with van der Waals surface area (Å²) >= 11 is 0. The van der Waals surface area contributed by atoms with Crippen LogP contribution in [-0.2, 0) is 9.59 Å². The third kappa shape index (κ3) is 5.23. The van der Waals surface area contributed by atoms with Crippen LogP contribution in [-0.4, -0.2) is 43.6 Å². The Kier molecular flexibility index (Phi) is 8.36. The summed E-state index contributed by atoms with van der Waals surface area (Å²) < 4.78 is 11.0. The molecule has 0 saturated carbocycles. The molecule has 1 N–H and O–H groups in total. The minimum Gasteiger partial charge on any atom is -0.507 e. The van der Waals surface area contributed by atoms with Crippen LogP contribution in [0.4, 0.5) is 11.4 Å². The SMILES string of the molecule is CCCOc1ccc(/C(O)=C2\C(=O)C(=O)N(c3cccc(OC)c3)C2c2ccc(N(CC)CC)cc2)cc1. The number of rotatable bonds is 10. The van der Waals surface area contributed by atoms with E-state index in [1.807, 2.05) is 31.2 Å². The molecule has 0 radical (unpaired) electrons. The Morgan fingerprint density at radius 2 is 1.61 bits per heavy atom. The van der Waals surface area contributed by atoms with Crippen molar-refractivity contribution < 1.29 is 24.2 Å². The lowest BCUT2D eigenvalue weighted by Crippen LogP contribution is -2.29. The quantitative estimate of drug-likeness (QED) is 0.204. The number of methoxy groups -OCH3 is 1. The van der Waals surface area contributed by atoms with Gasteiger partial charge in [-0.2, -0.15) is 0 Å². The number of nitrogens with zero attached hydrogens (tertiary/aromatic N) is 2. The van der Waals surface area contributed by atoms with E-state index in [0.29, 0.717) is 34.9 Å².